The molecule has 0 spiro atoms. The molecule has 0 fully saturated rings. The van der Waals surface area contributed by atoms with E-state index in [1.54, 1.807) is 0 Å². The summed E-state index contributed by atoms with van der Waals surface area (Å²) in [6.45, 7) is 4.50. The van der Waals surface area contributed by atoms with Gasteiger partial charge in [-0.05, 0) is 56.6 Å². The van der Waals surface area contributed by atoms with Crippen molar-refractivity contribution in [1.29, 1.82) is 0 Å². The van der Waals surface area contributed by atoms with Crippen LogP contribution in [-0.4, -0.2) is 0 Å². The van der Waals surface area contributed by atoms with E-state index in [2.05, 4.69) is 78.3 Å². The standard InChI is InChI=1S/C20H21Br/c1-3-4-5-15-7-10-16(11-8-15)18-13-12-17-9-6-14(2)19(17)20(18)21/h6-14H,3-5H2,1-2H3. The molecule has 1 unspecified atom stereocenters. The van der Waals surface area contributed by atoms with E-state index in [9.17, 15) is 0 Å². The van der Waals surface area contributed by atoms with E-state index in [0.717, 1.165) is 0 Å². The maximum absolute atomic E-state index is 3.83. The molecule has 0 N–H and O–H groups in total. The van der Waals surface area contributed by atoms with Crippen LogP contribution < -0.4 is 0 Å². The van der Waals surface area contributed by atoms with Gasteiger partial charge < -0.3 is 0 Å². The molecule has 0 heterocycles. The lowest BCUT2D eigenvalue weighted by Gasteiger charge is -2.13. The number of allylic oxidation sites excluding steroid dienone is 1. The van der Waals surface area contributed by atoms with Crippen LogP contribution in [-0.2, 0) is 6.42 Å². The summed E-state index contributed by atoms with van der Waals surface area (Å²) in [4.78, 5) is 0. The molecule has 2 aromatic rings. The molecular weight excluding hydrogens is 320 g/mol. The van der Waals surface area contributed by atoms with Crippen molar-refractivity contribution in [2.24, 2.45) is 0 Å². The summed E-state index contributed by atoms with van der Waals surface area (Å²) in [5.74, 6) is 0.498. The number of rotatable bonds is 4. The molecular formula is C20H21Br. The number of hydrogen-bond donors (Lipinski definition) is 0. The Labute approximate surface area is 136 Å². The van der Waals surface area contributed by atoms with Crippen molar-refractivity contribution in [2.75, 3.05) is 0 Å². The molecule has 0 aromatic heterocycles. The van der Waals surface area contributed by atoms with Crippen LogP contribution in [0.3, 0.4) is 0 Å². The third-order valence-electron chi connectivity index (χ3n) is 4.32. The fourth-order valence-corrected chi connectivity index (χ4v) is 3.97. The summed E-state index contributed by atoms with van der Waals surface area (Å²) in [6.07, 6.45) is 8.20. The summed E-state index contributed by atoms with van der Waals surface area (Å²) >= 11 is 3.83. The number of benzene rings is 2. The molecule has 0 saturated carbocycles. The third-order valence-corrected chi connectivity index (χ3v) is 5.17. The Kier molecular flexibility index (Phi) is 4.30. The third kappa shape index (κ3) is 2.85. The van der Waals surface area contributed by atoms with Crippen LogP contribution in [0.2, 0.25) is 0 Å². The number of unbranched alkanes of at least 4 members (excludes halogenated alkanes) is 1. The van der Waals surface area contributed by atoms with Gasteiger partial charge in [-0.15, -0.1) is 0 Å². The van der Waals surface area contributed by atoms with Gasteiger partial charge >= 0.3 is 0 Å². The van der Waals surface area contributed by atoms with Gasteiger partial charge in [-0.1, -0.05) is 68.8 Å². The SMILES string of the molecule is CCCCc1ccc(-c2ccc3c(c2Br)C(C)C=C3)cc1. The Bertz CT molecular complexity index is 665. The highest BCUT2D eigenvalue weighted by Gasteiger charge is 2.18. The Morgan fingerprint density at radius 1 is 1.05 bits per heavy atom. The minimum Gasteiger partial charge on any atom is -0.0766 e. The molecule has 0 saturated heterocycles. The quantitative estimate of drug-likeness (QED) is 0.588. The van der Waals surface area contributed by atoms with Crippen molar-refractivity contribution in [3.05, 3.63) is 63.6 Å². The van der Waals surface area contributed by atoms with Crippen molar-refractivity contribution in [3.8, 4) is 11.1 Å². The van der Waals surface area contributed by atoms with Crippen LogP contribution in [0.1, 0.15) is 49.3 Å². The van der Waals surface area contributed by atoms with Crippen LogP contribution >= 0.6 is 15.9 Å². The topological polar surface area (TPSA) is 0 Å². The predicted octanol–water partition coefficient (Wildman–Crippen LogP) is 6.59. The van der Waals surface area contributed by atoms with Crippen molar-refractivity contribution in [1.82, 2.24) is 0 Å². The van der Waals surface area contributed by atoms with Crippen molar-refractivity contribution >= 4 is 22.0 Å². The first kappa shape index (κ1) is 14.6. The van der Waals surface area contributed by atoms with E-state index in [4.69, 9.17) is 0 Å². The average molecular weight is 341 g/mol. The Balaban J connectivity index is 1.93. The van der Waals surface area contributed by atoms with Crippen LogP contribution in [0.4, 0.5) is 0 Å². The average Bonchev–Trinajstić information content (AvgIpc) is 2.88. The summed E-state index contributed by atoms with van der Waals surface area (Å²) in [6, 6.07) is 13.5. The van der Waals surface area contributed by atoms with E-state index >= 15 is 0 Å². The first-order chi connectivity index (χ1) is 10.2. The molecule has 1 heteroatoms. The zero-order valence-corrected chi connectivity index (χ0v) is 14.3. The Morgan fingerprint density at radius 3 is 2.52 bits per heavy atom. The summed E-state index contributed by atoms with van der Waals surface area (Å²) < 4.78 is 1.25. The number of aryl methyl sites for hydroxylation is 1. The van der Waals surface area contributed by atoms with E-state index in [1.165, 1.54) is 51.6 Å². The molecule has 21 heavy (non-hydrogen) atoms. The van der Waals surface area contributed by atoms with Gasteiger partial charge in [0.15, 0.2) is 0 Å². The van der Waals surface area contributed by atoms with Gasteiger partial charge in [0.1, 0.15) is 0 Å². The highest BCUT2D eigenvalue weighted by molar-refractivity contribution is 9.10. The van der Waals surface area contributed by atoms with Gasteiger partial charge in [0, 0.05) is 10.4 Å². The van der Waals surface area contributed by atoms with E-state index < -0.39 is 0 Å². The molecule has 0 amide bonds. The second kappa shape index (κ2) is 6.19. The molecule has 108 valence electrons. The molecule has 0 radical (unpaired) electrons. The van der Waals surface area contributed by atoms with E-state index in [-0.39, 0.29) is 0 Å². The molecule has 2 aromatic carbocycles. The largest absolute Gasteiger partial charge is 0.0766 e. The van der Waals surface area contributed by atoms with Crippen molar-refractivity contribution in [2.45, 2.75) is 39.0 Å². The Hall–Kier alpha value is -1.34. The lowest BCUT2D eigenvalue weighted by atomic mass is 9.95. The second-order valence-corrected chi connectivity index (χ2v) is 6.67. The summed E-state index contributed by atoms with van der Waals surface area (Å²) in [7, 11) is 0. The van der Waals surface area contributed by atoms with Gasteiger partial charge in [0.2, 0.25) is 0 Å². The van der Waals surface area contributed by atoms with Crippen molar-refractivity contribution in [3.63, 3.8) is 0 Å². The maximum Gasteiger partial charge on any atom is 0.0297 e. The lowest BCUT2D eigenvalue weighted by molar-refractivity contribution is 0.795. The van der Waals surface area contributed by atoms with Gasteiger partial charge in [-0.2, -0.15) is 0 Å². The van der Waals surface area contributed by atoms with E-state index in [1.807, 2.05) is 0 Å². The highest BCUT2D eigenvalue weighted by atomic mass is 79.9. The normalized spacial score (nSPS) is 16.2. The minimum atomic E-state index is 0.498. The number of fused-ring (bicyclic) bond motifs is 1. The van der Waals surface area contributed by atoms with Gasteiger partial charge in [0.05, 0.1) is 0 Å². The molecule has 0 aliphatic heterocycles. The van der Waals surface area contributed by atoms with Crippen LogP contribution in [0, 0.1) is 0 Å². The molecule has 3 rings (SSSR count). The monoisotopic (exact) mass is 340 g/mol. The fraction of sp³-hybridized carbons (Fsp3) is 0.300. The van der Waals surface area contributed by atoms with Gasteiger partial charge in [-0.3, -0.25) is 0 Å². The lowest BCUT2D eigenvalue weighted by Crippen LogP contribution is -1.93. The van der Waals surface area contributed by atoms with Crippen LogP contribution in [0.5, 0.6) is 0 Å². The summed E-state index contributed by atoms with van der Waals surface area (Å²) in [5.41, 5.74) is 6.79. The van der Waals surface area contributed by atoms with Crippen LogP contribution in [0.15, 0.2) is 46.9 Å². The molecule has 1 atom stereocenters. The molecule has 1 aliphatic rings. The smallest absolute Gasteiger partial charge is 0.0297 e. The van der Waals surface area contributed by atoms with Gasteiger partial charge in [-0.25, -0.2) is 0 Å². The molecule has 0 nitrogen and oxygen atoms in total. The first-order valence-electron chi connectivity index (χ1n) is 7.80. The number of halogens is 1. The zero-order chi connectivity index (χ0) is 14.8. The first-order valence-corrected chi connectivity index (χ1v) is 8.60. The number of hydrogen-bond acceptors (Lipinski definition) is 0. The van der Waals surface area contributed by atoms with Crippen LogP contribution in [0.25, 0.3) is 17.2 Å². The second-order valence-electron chi connectivity index (χ2n) is 5.88. The van der Waals surface area contributed by atoms with Gasteiger partial charge in [0.25, 0.3) is 0 Å². The Morgan fingerprint density at radius 2 is 1.81 bits per heavy atom. The fourth-order valence-electron chi connectivity index (χ4n) is 3.02. The molecule has 0 bridgehead atoms. The van der Waals surface area contributed by atoms with E-state index in [0.29, 0.717) is 5.92 Å². The minimum absolute atomic E-state index is 0.498. The van der Waals surface area contributed by atoms with Crippen molar-refractivity contribution < 1.29 is 0 Å². The molecule has 1 aliphatic carbocycles. The predicted molar refractivity (Wildman–Crippen MR) is 95.6 cm³/mol. The highest BCUT2D eigenvalue weighted by Crippen LogP contribution is 2.41. The zero-order valence-electron chi connectivity index (χ0n) is 12.7. The maximum atomic E-state index is 3.83. The summed E-state index contributed by atoms with van der Waals surface area (Å²) in [5, 5.41) is 0.